The average molecular weight is 404 g/mol. The van der Waals surface area contributed by atoms with Gasteiger partial charge in [0.05, 0.1) is 6.61 Å². The Kier molecular flexibility index (Phi) is 7.50. The number of anilines is 1. The maximum Gasteiger partial charge on any atom is 0.265 e. The highest BCUT2D eigenvalue weighted by Crippen LogP contribution is 2.23. The molecule has 0 saturated heterocycles. The minimum atomic E-state index is -0.627. The van der Waals surface area contributed by atoms with Crippen LogP contribution < -0.4 is 14.8 Å². The van der Waals surface area contributed by atoms with E-state index in [1.807, 2.05) is 66.7 Å². The van der Waals surface area contributed by atoms with E-state index in [2.05, 4.69) is 31.3 Å². The molecule has 1 amide bonds. The van der Waals surface area contributed by atoms with Crippen LogP contribution in [0.3, 0.4) is 0 Å². The third kappa shape index (κ3) is 6.38. The Bertz CT molecular complexity index is 936. The molecule has 0 saturated carbocycles. The summed E-state index contributed by atoms with van der Waals surface area (Å²) in [6.07, 6.45) is 0.364. The lowest BCUT2D eigenvalue weighted by Crippen LogP contribution is -2.30. The standard InChI is InChI=1S/C26H29NO3/c1-19(2)16-17-29-25-11-7-10-23(18-25)27-26(28)20(3)30-24-14-12-22(13-15-24)21-8-5-4-6-9-21/h4-15,18-20H,16-17H2,1-3H3,(H,27,28). The predicted molar refractivity (Wildman–Crippen MR) is 122 cm³/mol. The van der Waals surface area contributed by atoms with Crippen LogP contribution >= 0.6 is 0 Å². The fourth-order valence-electron chi connectivity index (χ4n) is 2.93. The number of rotatable bonds is 9. The molecule has 156 valence electrons. The number of hydrogen-bond acceptors (Lipinski definition) is 3. The van der Waals surface area contributed by atoms with Crippen molar-refractivity contribution in [2.45, 2.75) is 33.3 Å². The Balaban J connectivity index is 1.54. The molecular formula is C26H29NO3. The van der Waals surface area contributed by atoms with Crippen LogP contribution in [0.2, 0.25) is 0 Å². The number of hydrogen-bond donors (Lipinski definition) is 1. The number of nitrogens with one attached hydrogen (secondary N) is 1. The van der Waals surface area contributed by atoms with Gasteiger partial charge >= 0.3 is 0 Å². The molecule has 4 nitrogen and oxygen atoms in total. The monoisotopic (exact) mass is 403 g/mol. The summed E-state index contributed by atoms with van der Waals surface area (Å²) in [5, 5.41) is 2.89. The van der Waals surface area contributed by atoms with Crippen molar-refractivity contribution in [3.8, 4) is 22.6 Å². The molecule has 0 aliphatic rings. The molecule has 0 heterocycles. The maximum absolute atomic E-state index is 12.5. The minimum absolute atomic E-state index is 0.207. The van der Waals surface area contributed by atoms with Gasteiger partial charge in [-0.25, -0.2) is 0 Å². The first-order chi connectivity index (χ1) is 14.5. The van der Waals surface area contributed by atoms with E-state index in [1.54, 1.807) is 6.92 Å². The molecule has 0 aromatic heterocycles. The first-order valence-corrected chi connectivity index (χ1v) is 10.4. The van der Waals surface area contributed by atoms with Gasteiger partial charge in [-0.2, -0.15) is 0 Å². The van der Waals surface area contributed by atoms with Crippen LogP contribution in [0.1, 0.15) is 27.2 Å². The summed E-state index contributed by atoms with van der Waals surface area (Å²) in [6, 6.07) is 25.3. The molecule has 3 rings (SSSR count). The van der Waals surface area contributed by atoms with Gasteiger partial charge in [0.1, 0.15) is 11.5 Å². The first kappa shape index (κ1) is 21.4. The molecule has 1 N–H and O–H groups in total. The van der Waals surface area contributed by atoms with Crippen molar-refractivity contribution in [2.24, 2.45) is 5.92 Å². The number of carbonyl (C=O) groups is 1. The van der Waals surface area contributed by atoms with Crippen LogP contribution in [-0.2, 0) is 4.79 Å². The Hall–Kier alpha value is -3.27. The van der Waals surface area contributed by atoms with E-state index in [-0.39, 0.29) is 5.91 Å². The molecule has 0 radical (unpaired) electrons. The first-order valence-electron chi connectivity index (χ1n) is 10.4. The fraction of sp³-hybridized carbons (Fsp3) is 0.269. The fourth-order valence-corrected chi connectivity index (χ4v) is 2.93. The van der Waals surface area contributed by atoms with Gasteiger partial charge < -0.3 is 14.8 Å². The van der Waals surface area contributed by atoms with E-state index in [0.717, 1.165) is 23.3 Å². The Morgan fingerprint density at radius 1 is 0.833 bits per heavy atom. The zero-order valence-electron chi connectivity index (χ0n) is 17.8. The zero-order chi connectivity index (χ0) is 21.3. The maximum atomic E-state index is 12.5. The van der Waals surface area contributed by atoms with Crippen molar-refractivity contribution < 1.29 is 14.3 Å². The van der Waals surface area contributed by atoms with Gasteiger partial charge in [-0.3, -0.25) is 4.79 Å². The zero-order valence-corrected chi connectivity index (χ0v) is 17.8. The van der Waals surface area contributed by atoms with Crippen molar-refractivity contribution in [3.63, 3.8) is 0 Å². The molecule has 0 aliphatic heterocycles. The molecule has 0 spiro atoms. The summed E-state index contributed by atoms with van der Waals surface area (Å²) in [6.45, 7) is 6.73. The van der Waals surface area contributed by atoms with E-state index < -0.39 is 6.10 Å². The van der Waals surface area contributed by atoms with E-state index in [4.69, 9.17) is 9.47 Å². The van der Waals surface area contributed by atoms with Gasteiger partial charge in [-0.05, 0) is 54.7 Å². The van der Waals surface area contributed by atoms with Crippen LogP contribution in [0.5, 0.6) is 11.5 Å². The van der Waals surface area contributed by atoms with Crippen LogP contribution in [-0.4, -0.2) is 18.6 Å². The molecule has 30 heavy (non-hydrogen) atoms. The smallest absolute Gasteiger partial charge is 0.265 e. The molecule has 1 unspecified atom stereocenters. The summed E-state index contributed by atoms with van der Waals surface area (Å²) in [4.78, 5) is 12.5. The van der Waals surface area contributed by atoms with Gasteiger partial charge in [0, 0.05) is 11.8 Å². The van der Waals surface area contributed by atoms with Crippen molar-refractivity contribution in [2.75, 3.05) is 11.9 Å². The molecule has 4 heteroatoms. The van der Waals surface area contributed by atoms with Gasteiger partial charge in [-0.1, -0.05) is 62.4 Å². The largest absolute Gasteiger partial charge is 0.494 e. The Morgan fingerprint density at radius 3 is 2.23 bits per heavy atom. The molecular weight excluding hydrogens is 374 g/mol. The summed E-state index contributed by atoms with van der Waals surface area (Å²) < 4.78 is 11.6. The molecule has 0 fully saturated rings. The molecule has 3 aromatic rings. The SMILES string of the molecule is CC(C)CCOc1cccc(NC(=O)C(C)Oc2ccc(-c3ccccc3)cc2)c1. The number of amides is 1. The lowest BCUT2D eigenvalue weighted by molar-refractivity contribution is -0.122. The normalized spacial score (nSPS) is 11.7. The third-order valence-electron chi connectivity index (χ3n) is 4.71. The highest BCUT2D eigenvalue weighted by Gasteiger charge is 2.15. The van der Waals surface area contributed by atoms with Gasteiger partial charge in [0.2, 0.25) is 0 Å². The predicted octanol–water partition coefficient (Wildman–Crippen LogP) is 6.18. The van der Waals surface area contributed by atoms with E-state index in [1.165, 1.54) is 0 Å². The van der Waals surface area contributed by atoms with Gasteiger partial charge in [0.25, 0.3) is 5.91 Å². The molecule has 3 aromatic carbocycles. The van der Waals surface area contributed by atoms with Gasteiger partial charge in [0.15, 0.2) is 6.10 Å². The van der Waals surface area contributed by atoms with Gasteiger partial charge in [-0.15, -0.1) is 0 Å². The second kappa shape index (κ2) is 10.5. The second-order valence-corrected chi connectivity index (χ2v) is 7.70. The average Bonchev–Trinajstić information content (AvgIpc) is 2.75. The van der Waals surface area contributed by atoms with Crippen LogP contribution in [0.15, 0.2) is 78.9 Å². The minimum Gasteiger partial charge on any atom is -0.494 e. The van der Waals surface area contributed by atoms with Crippen molar-refractivity contribution in [3.05, 3.63) is 78.9 Å². The second-order valence-electron chi connectivity index (χ2n) is 7.70. The summed E-state index contributed by atoms with van der Waals surface area (Å²) in [5.74, 6) is 1.79. The Morgan fingerprint density at radius 2 is 1.53 bits per heavy atom. The molecule has 0 aliphatic carbocycles. The highest BCUT2D eigenvalue weighted by atomic mass is 16.5. The lowest BCUT2D eigenvalue weighted by atomic mass is 10.1. The number of benzene rings is 3. The molecule has 0 bridgehead atoms. The van der Waals surface area contributed by atoms with Crippen LogP contribution in [0.4, 0.5) is 5.69 Å². The number of ether oxygens (including phenoxy) is 2. The summed E-state index contributed by atoms with van der Waals surface area (Å²) in [5.41, 5.74) is 2.94. The lowest BCUT2D eigenvalue weighted by Gasteiger charge is -2.16. The van der Waals surface area contributed by atoms with E-state index in [9.17, 15) is 4.79 Å². The summed E-state index contributed by atoms with van der Waals surface area (Å²) in [7, 11) is 0. The van der Waals surface area contributed by atoms with Crippen molar-refractivity contribution in [1.29, 1.82) is 0 Å². The van der Waals surface area contributed by atoms with Crippen LogP contribution in [0.25, 0.3) is 11.1 Å². The van der Waals surface area contributed by atoms with E-state index in [0.29, 0.717) is 24.0 Å². The van der Waals surface area contributed by atoms with E-state index >= 15 is 0 Å². The number of carbonyl (C=O) groups excluding carboxylic acids is 1. The highest BCUT2D eigenvalue weighted by molar-refractivity contribution is 5.94. The quantitative estimate of drug-likeness (QED) is 0.464. The van der Waals surface area contributed by atoms with Crippen molar-refractivity contribution in [1.82, 2.24) is 0 Å². The van der Waals surface area contributed by atoms with Crippen LogP contribution in [0, 0.1) is 5.92 Å². The Labute approximate surface area is 178 Å². The molecule has 1 atom stereocenters. The summed E-state index contributed by atoms with van der Waals surface area (Å²) >= 11 is 0. The third-order valence-corrected chi connectivity index (χ3v) is 4.71. The topological polar surface area (TPSA) is 47.6 Å². The van der Waals surface area contributed by atoms with Crippen molar-refractivity contribution >= 4 is 11.6 Å².